The Labute approximate surface area is 101 Å². The van der Waals surface area contributed by atoms with Crippen molar-refractivity contribution in [2.45, 2.75) is 13.5 Å². The summed E-state index contributed by atoms with van der Waals surface area (Å²) < 4.78 is 0.659. The Kier molecular flexibility index (Phi) is 3.04. The van der Waals surface area contributed by atoms with E-state index < -0.39 is 0 Å². The molecular formula is C9H11BrN6. The van der Waals surface area contributed by atoms with Crippen molar-refractivity contribution in [3.05, 3.63) is 28.1 Å². The first kappa shape index (κ1) is 10.9. The second-order valence-electron chi connectivity index (χ2n) is 3.31. The molecule has 2 aromatic heterocycles. The van der Waals surface area contributed by atoms with Crippen molar-refractivity contribution < 1.29 is 0 Å². The molecule has 0 bridgehead atoms. The van der Waals surface area contributed by atoms with E-state index >= 15 is 0 Å². The van der Waals surface area contributed by atoms with E-state index in [4.69, 9.17) is 5.73 Å². The first-order chi connectivity index (χ1) is 7.65. The molecule has 84 valence electrons. The van der Waals surface area contributed by atoms with Gasteiger partial charge in [0.1, 0.15) is 10.4 Å². The van der Waals surface area contributed by atoms with Crippen LogP contribution in [-0.2, 0) is 6.54 Å². The van der Waals surface area contributed by atoms with Crippen LogP contribution in [-0.4, -0.2) is 20.2 Å². The van der Waals surface area contributed by atoms with Gasteiger partial charge >= 0.3 is 0 Å². The third-order valence-corrected chi connectivity index (χ3v) is 2.49. The molecule has 2 heterocycles. The third-order valence-electron chi connectivity index (χ3n) is 2.09. The summed E-state index contributed by atoms with van der Waals surface area (Å²) in [5, 5.41) is 9.87. The van der Waals surface area contributed by atoms with Gasteiger partial charge in [0.15, 0.2) is 0 Å². The Morgan fingerprint density at radius 3 is 2.94 bits per heavy atom. The van der Waals surface area contributed by atoms with E-state index in [1.165, 1.54) is 0 Å². The number of halogens is 1. The lowest BCUT2D eigenvalue weighted by Gasteiger charge is -2.04. The van der Waals surface area contributed by atoms with Crippen molar-refractivity contribution in [2.24, 2.45) is 0 Å². The lowest BCUT2D eigenvalue weighted by atomic mass is 10.3. The van der Waals surface area contributed by atoms with Crippen LogP contribution in [0.2, 0.25) is 0 Å². The summed E-state index contributed by atoms with van der Waals surface area (Å²) in [6.07, 6.45) is 1.77. The zero-order valence-electron chi connectivity index (χ0n) is 8.66. The van der Waals surface area contributed by atoms with Crippen LogP contribution in [0.4, 0.5) is 11.8 Å². The van der Waals surface area contributed by atoms with Gasteiger partial charge in [-0.1, -0.05) is 0 Å². The highest BCUT2D eigenvalue weighted by atomic mass is 79.9. The molecule has 0 atom stereocenters. The molecule has 7 heteroatoms. The predicted molar refractivity (Wildman–Crippen MR) is 64.8 cm³/mol. The number of hydrogen-bond donors (Lipinski definition) is 3. The maximum Gasteiger partial charge on any atom is 0.225 e. The van der Waals surface area contributed by atoms with E-state index in [2.05, 4.69) is 41.4 Å². The van der Waals surface area contributed by atoms with Crippen LogP contribution < -0.4 is 11.1 Å². The molecule has 0 radical (unpaired) electrons. The highest BCUT2D eigenvalue weighted by Gasteiger charge is 2.03. The van der Waals surface area contributed by atoms with Crippen molar-refractivity contribution >= 4 is 27.7 Å². The van der Waals surface area contributed by atoms with Gasteiger partial charge in [0.25, 0.3) is 0 Å². The van der Waals surface area contributed by atoms with Crippen LogP contribution in [0.15, 0.2) is 16.9 Å². The molecule has 0 fully saturated rings. The number of aromatic amines is 1. The number of nitrogens with two attached hydrogens (primary N) is 1. The van der Waals surface area contributed by atoms with E-state index in [0.29, 0.717) is 22.9 Å². The van der Waals surface area contributed by atoms with Crippen molar-refractivity contribution in [1.82, 2.24) is 20.2 Å². The fourth-order valence-electron chi connectivity index (χ4n) is 1.24. The van der Waals surface area contributed by atoms with E-state index in [1.54, 1.807) is 12.3 Å². The predicted octanol–water partition coefficient (Wildman–Crippen LogP) is 1.46. The molecule has 0 aliphatic heterocycles. The molecule has 2 aromatic rings. The van der Waals surface area contributed by atoms with Crippen molar-refractivity contribution in [3.63, 3.8) is 0 Å². The number of nitrogen functional groups attached to an aromatic ring is 1. The van der Waals surface area contributed by atoms with Crippen molar-refractivity contribution in [3.8, 4) is 0 Å². The van der Waals surface area contributed by atoms with E-state index in [0.717, 1.165) is 11.3 Å². The third kappa shape index (κ3) is 2.48. The second-order valence-corrected chi connectivity index (χ2v) is 4.13. The monoisotopic (exact) mass is 282 g/mol. The van der Waals surface area contributed by atoms with Gasteiger partial charge in [-0.05, 0) is 22.9 Å². The van der Waals surface area contributed by atoms with E-state index in [-0.39, 0.29) is 0 Å². The summed E-state index contributed by atoms with van der Waals surface area (Å²) in [5.41, 5.74) is 7.69. The van der Waals surface area contributed by atoms with Crippen LogP contribution in [0.25, 0.3) is 0 Å². The molecule has 0 unspecified atom stereocenters. The number of nitrogens with zero attached hydrogens (tertiary/aromatic N) is 3. The number of aromatic nitrogens is 4. The topological polar surface area (TPSA) is 92.5 Å². The van der Waals surface area contributed by atoms with Crippen molar-refractivity contribution in [2.75, 3.05) is 11.1 Å². The van der Waals surface area contributed by atoms with Gasteiger partial charge in [0.2, 0.25) is 5.95 Å². The van der Waals surface area contributed by atoms with Gasteiger partial charge in [0, 0.05) is 23.9 Å². The first-order valence-corrected chi connectivity index (χ1v) is 5.47. The van der Waals surface area contributed by atoms with E-state index in [9.17, 15) is 0 Å². The summed E-state index contributed by atoms with van der Waals surface area (Å²) in [4.78, 5) is 8.21. The lowest BCUT2D eigenvalue weighted by molar-refractivity contribution is 1.02. The Bertz CT molecular complexity index is 474. The maximum atomic E-state index is 5.60. The average Bonchev–Trinajstić information content (AvgIpc) is 2.59. The van der Waals surface area contributed by atoms with Gasteiger partial charge < -0.3 is 11.1 Å². The Morgan fingerprint density at radius 2 is 2.31 bits per heavy atom. The molecule has 0 aliphatic carbocycles. The molecule has 6 nitrogen and oxygen atoms in total. The Morgan fingerprint density at radius 1 is 1.50 bits per heavy atom. The minimum atomic E-state index is 0.424. The maximum absolute atomic E-state index is 5.60. The molecule has 0 saturated heterocycles. The fraction of sp³-hybridized carbons (Fsp3) is 0.222. The Hall–Kier alpha value is -1.63. The zero-order valence-corrected chi connectivity index (χ0v) is 10.2. The number of hydrogen-bond acceptors (Lipinski definition) is 5. The van der Waals surface area contributed by atoms with Crippen LogP contribution >= 0.6 is 15.9 Å². The summed E-state index contributed by atoms with van der Waals surface area (Å²) >= 11 is 3.26. The Balaban J connectivity index is 2.07. The molecular weight excluding hydrogens is 272 g/mol. The fourth-order valence-corrected chi connectivity index (χ4v) is 1.64. The molecule has 0 amide bonds. The molecule has 0 spiro atoms. The molecule has 4 N–H and O–H groups in total. The van der Waals surface area contributed by atoms with Gasteiger partial charge in [-0.15, -0.1) is 0 Å². The van der Waals surface area contributed by atoms with Gasteiger partial charge in [-0.3, -0.25) is 5.10 Å². The largest absolute Gasteiger partial charge is 0.383 e. The summed E-state index contributed by atoms with van der Waals surface area (Å²) in [6.45, 7) is 2.57. The first-order valence-electron chi connectivity index (χ1n) is 4.68. The van der Waals surface area contributed by atoms with E-state index in [1.807, 2.05) is 6.92 Å². The molecule has 0 saturated carbocycles. The molecule has 2 rings (SSSR count). The summed E-state index contributed by atoms with van der Waals surface area (Å²) in [7, 11) is 0. The van der Waals surface area contributed by atoms with Crippen LogP contribution in [0, 0.1) is 6.92 Å². The molecule has 0 aromatic carbocycles. The van der Waals surface area contributed by atoms with Gasteiger partial charge in [-0.25, -0.2) is 4.98 Å². The van der Waals surface area contributed by atoms with Crippen LogP contribution in [0.3, 0.4) is 0 Å². The minimum absolute atomic E-state index is 0.424. The normalized spacial score (nSPS) is 10.4. The summed E-state index contributed by atoms with van der Waals surface area (Å²) in [6, 6.07) is 1.65. The SMILES string of the molecule is Cc1[nH]ncc1CNc1nc(N)cc(Br)n1. The van der Waals surface area contributed by atoms with Crippen LogP contribution in [0.1, 0.15) is 11.3 Å². The number of H-pyrrole nitrogens is 1. The second kappa shape index (κ2) is 4.48. The summed E-state index contributed by atoms with van der Waals surface area (Å²) in [5.74, 6) is 0.917. The van der Waals surface area contributed by atoms with Gasteiger partial charge in [0.05, 0.1) is 6.20 Å². The molecule has 16 heavy (non-hydrogen) atoms. The van der Waals surface area contributed by atoms with Crippen LogP contribution in [0.5, 0.6) is 0 Å². The highest BCUT2D eigenvalue weighted by Crippen LogP contribution is 2.13. The minimum Gasteiger partial charge on any atom is -0.383 e. The number of nitrogens with one attached hydrogen (secondary N) is 2. The smallest absolute Gasteiger partial charge is 0.225 e. The quantitative estimate of drug-likeness (QED) is 0.742. The standard InChI is InChI=1S/C9H11BrN6/c1-5-6(4-13-16-5)3-12-9-14-7(10)2-8(11)15-9/h2,4H,3H2,1H3,(H,13,16)(H3,11,12,14,15). The van der Waals surface area contributed by atoms with Crippen molar-refractivity contribution in [1.29, 1.82) is 0 Å². The lowest BCUT2D eigenvalue weighted by Crippen LogP contribution is -2.05. The number of aryl methyl sites for hydroxylation is 1. The number of rotatable bonds is 3. The molecule has 0 aliphatic rings. The average molecular weight is 283 g/mol. The zero-order chi connectivity index (χ0) is 11.5. The van der Waals surface area contributed by atoms with Gasteiger partial charge in [-0.2, -0.15) is 10.1 Å². The highest BCUT2D eigenvalue weighted by molar-refractivity contribution is 9.10. The number of anilines is 2.